The Balaban J connectivity index is 2.08. The van der Waals surface area contributed by atoms with E-state index in [1.807, 2.05) is 0 Å². The molecule has 2 rings (SSSR count). The van der Waals surface area contributed by atoms with Gasteiger partial charge in [-0.1, -0.05) is 17.6 Å². The Morgan fingerprint density at radius 1 is 0.909 bits per heavy atom. The Morgan fingerprint density at radius 3 is 2.00 bits per heavy atom. The van der Waals surface area contributed by atoms with Crippen molar-refractivity contribution in [1.82, 2.24) is 0 Å². The van der Waals surface area contributed by atoms with Crippen molar-refractivity contribution in [2.75, 3.05) is 0 Å². The third kappa shape index (κ3) is 1.61. The van der Waals surface area contributed by atoms with Crippen LogP contribution < -0.4 is 0 Å². The number of alkyl halides is 1. The molecular formula is C10H15Cl. The molecule has 0 saturated heterocycles. The second-order valence-corrected chi connectivity index (χ2v) is 4.39. The largest absolute Gasteiger partial charge is 0.122 e. The van der Waals surface area contributed by atoms with E-state index in [4.69, 9.17) is 11.6 Å². The lowest BCUT2D eigenvalue weighted by Gasteiger charge is -2.00. The van der Waals surface area contributed by atoms with Crippen LogP contribution in [-0.2, 0) is 0 Å². The summed E-state index contributed by atoms with van der Waals surface area (Å²) in [5, 5.41) is 0.443. The molecule has 0 spiro atoms. The molecule has 0 nitrogen and oxygen atoms in total. The molecule has 0 saturated carbocycles. The molecule has 0 aromatic heterocycles. The van der Waals surface area contributed by atoms with Gasteiger partial charge in [0.1, 0.15) is 0 Å². The maximum atomic E-state index is 6.10. The van der Waals surface area contributed by atoms with Crippen LogP contribution in [0.4, 0.5) is 0 Å². The quantitative estimate of drug-likeness (QED) is 0.385. The number of allylic oxidation sites excluding steroid dienone is 2. The molecular weight excluding hydrogens is 156 g/mol. The van der Waals surface area contributed by atoms with Crippen molar-refractivity contribution in [3.63, 3.8) is 0 Å². The minimum absolute atomic E-state index is 0.443. The van der Waals surface area contributed by atoms with E-state index in [2.05, 4.69) is 0 Å². The van der Waals surface area contributed by atoms with Crippen molar-refractivity contribution >= 4 is 11.6 Å². The highest BCUT2D eigenvalue weighted by molar-refractivity contribution is 6.21. The van der Waals surface area contributed by atoms with Crippen LogP contribution in [0.25, 0.3) is 0 Å². The van der Waals surface area contributed by atoms with Crippen molar-refractivity contribution in [1.29, 1.82) is 0 Å². The van der Waals surface area contributed by atoms with E-state index in [-0.39, 0.29) is 0 Å². The van der Waals surface area contributed by atoms with Gasteiger partial charge in [0.25, 0.3) is 0 Å². The average Bonchev–Trinajstić information content (AvgIpc) is 2.17. The summed E-state index contributed by atoms with van der Waals surface area (Å²) in [5.74, 6) is 0. The highest BCUT2D eigenvalue weighted by Crippen LogP contribution is 2.37. The molecule has 0 N–H and O–H groups in total. The van der Waals surface area contributed by atoms with Gasteiger partial charge in [-0.3, -0.25) is 0 Å². The summed E-state index contributed by atoms with van der Waals surface area (Å²) < 4.78 is 0. The van der Waals surface area contributed by atoms with E-state index in [9.17, 15) is 0 Å². The van der Waals surface area contributed by atoms with E-state index < -0.39 is 0 Å². The fourth-order valence-corrected chi connectivity index (χ4v) is 2.68. The molecule has 2 aliphatic rings. The first kappa shape index (κ1) is 7.67. The lowest BCUT2D eigenvalue weighted by atomic mass is 10.1. The Bertz CT molecular complexity index is 163. The van der Waals surface area contributed by atoms with Gasteiger partial charge in [0.2, 0.25) is 0 Å². The minimum atomic E-state index is 0.443. The lowest BCUT2D eigenvalue weighted by molar-refractivity contribution is 0.679. The SMILES string of the molecule is ClC1CC2=C(CCCCC2)C1. The van der Waals surface area contributed by atoms with Gasteiger partial charge in [-0.2, -0.15) is 0 Å². The molecule has 2 aliphatic carbocycles. The van der Waals surface area contributed by atoms with Gasteiger partial charge in [-0.05, 0) is 38.5 Å². The molecule has 0 atom stereocenters. The van der Waals surface area contributed by atoms with Crippen molar-refractivity contribution < 1.29 is 0 Å². The summed E-state index contributed by atoms with van der Waals surface area (Å²) in [6.45, 7) is 0. The first-order valence-corrected chi connectivity index (χ1v) is 5.14. The molecule has 1 heteroatoms. The summed E-state index contributed by atoms with van der Waals surface area (Å²) in [5.41, 5.74) is 3.42. The fourth-order valence-electron chi connectivity index (χ4n) is 2.31. The topological polar surface area (TPSA) is 0 Å². The van der Waals surface area contributed by atoms with Crippen LogP contribution in [0.5, 0.6) is 0 Å². The standard InChI is InChI=1S/C10H15Cl/c11-10-6-8-4-2-1-3-5-9(8)7-10/h10H,1-7H2. The predicted molar refractivity (Wildman–Crippen MR) is 49.0 cm³/mol. The monoisotopic (exact) mass is 170 g/mol. The van der Waals surface area contributed by atoms with Crippen LogP contribution in [0.2, 0.25) is 0 Å². The molecule has 0 aliphatic heterocycles. The van der Waals surface area contributed by atoms with Crippen LogP contribution in [-0.4, -0.2) is 5.38 Å². The number of hydrogen-bond donors (Lipinski definition) is 0. The average molecular weight is 171 g/mol. The zero-order chi connectivity index (χ0) is 7.68. The molecule has 11 heavy (non-hydrogen) atoms. The smallest absolute Gasteiger partial charge is 0.0410 e. The number of rotatable bonds is 0. The van der Waals surface area contributed by atoms with Gasteiger partial charge >= 0.3 is 0 Å². The summed E-state index contributed by atoms with van der Waals surface area (Å²) >= 11 is 6.10. The van der Waals surface area contributed by atoms with Crippen LogP contribution in [0.15, 0.2) is 11.1 Å². The lowest BCUT2D eigenvalue weighted by Crippen LogP contribution is -1.91. The summed E-state index contributed by atoms with van der Waals surface area (Å²) in [7, 11) is 0. The second kappa shape index (κ2) is 3.18. The van der Waals surface area contributed by atoms with Crippen molar-refractivity contribution in [2.24, 2.45) is 0 Å². The predicted octanol–water partition coefficient (Wildman–Crippen LogP) is 3.65. The maximum Gasteiger partial charge on any atom is 0.0410 e. The maximum absolute atomic E-state index is 6.10. The van der Waals surface area contributed by atoms with Gasteiger partial charge in [-0.15, -0.1) is 11.6 Å². The molecule has 0 aromatic rings. The van der Waals surface area contributed by atoms with E-state index in [0.717, 1.165) is 0 Å². The van der Waals surface area contributed by atoms with E-state index in [1.165, 1.54) is 44.9 Å². The number of halogens is 1. The Kier molecular flexibility index (Phi) is 2.22. The van der Waals surface area contributed by atoms with Crippen LogP contribution in [0, 0.1) is 0 Å². The summed E-state index contributed by atoms with van der Waals surface area (Å²) in [6, 6.07) is 0. The third-order valence-electron chi connectivity index (χ3n) is 2.89. The molecule has 0 bridgehead atoms. The summed E-state index contributed by atoms with van der Waals surface area (Å²) in [4.78, 5) is 0. The van der Waals surface area contributed by atoms with Gasteiger partial charge < -0.3 is 0 Å². The Morgan fingerprint density at radius 2 is 1.45 bits per heavy atom. The van der Waals surface area contributed by atoms with Crippen molar-refractivity contribution in [3.8, 4) is 0 Å². The molecule has 0 heterocycles. The van der Waals surface area contributed by atoms with Crippen LogP contribution >= 0.6 is 11.6 Å². The molecule has 0 radical (unpaired) electrons. The van der Waals surface area contributed by atoms with E-state index in [1.54, 1.807) is 11.1 Å². The minimum Gasteiger partial charge on any atom is -0.122 e. The van der Waals surface area contributed by atoms with Gasteiger partial charge in [0.05, 0.1) is 0 Å². The zero-order valence-electron chi connectivity index (χ0n) is 6.91. The first-order valence-electron chi connectivity index (χ1n) is 4.70. The van der Waals surface area contributed by atoms with E-state index >= 15 is 0 Å². The Hall–Kier alpha value is 0.0300. The molecule has 0 aromatic carbocycles. The number of hydrogen-bond acceptors (Lipinski definition) is 0. The summed E-state index contributed by atoms with van der Waals surface area (Å²) in [6.07, 6.45) is 9.32. The van der Waals surface area contributed by atoms with Crippen LogP contribution in [0.3, 0.4) is 0 Å². The van der Waals surface area contributed by atoms with Gasteiger partial charge in [-0.25, -0.2) is 0 Å². The Labute approximate surface area is 73.6 Å². The molecule has 0 fully saturated rings. The molecule has 62 valence electrons. The third-order valence-corrected chi connectivity index (χ3v) is 3.20. The van der Waals surface area contributed by atoms with Crippen LogP contribution in [0.1, 0.15) is 44.9 Å². The first-order chi connectivity index (χ1) is 5.36. The molecule has 0 unspecified atom stereocenters. The normalized spacial score (nSPS) is 27.0. The highest BCUT2D eigenvalue weighted by Gasteiger charge is 2.22. The highest BCUT2D eigenvalue weighted by atomic mass is 35.5. The van der Waals surface area contributed by atoms with Crippen molar-refractivity contribution in [3.05, 3.63) is 11.1 Å². The van der Waals surface area contributed by atoms with Crippen molar-refractivity contribution in [2.45, 2.75) is 50.3 Å². The molecule has 0 amide bonds. The fraction of sp³-hybridized carbons (Fsp3) is 0.800. The zero-order valence-corrected chi connectivity index (χ0v) is 7.66. The van der Waals surface area contributed by atoms with Gasteiger partial charge in [0.15, 0.2) is 0 Å². The second-order valence-electron chi connectivity index (χ2n) is 3.77. The van der Waals surface area contributed by atoms with E-state index in [0.29, 0.717) is 5.38 Å². The van der Waals surface area contributed by atoms with Gasteiger partial charge in [0, 0.05) is 5.38 Å².